The van der Waals surface area contributed by atoms with Gasteiger partial charge in [-0.25, -0.2) is 0 Å². The highest BCUT2D eigenvalue weighted by molar-refractivity contribution is 7.10. The van der Waals surface area contributed by atoms with Gasteiger partial charge in [-0.05, 0) is 34.2 Å². The minimum absolute atomic E-state index is 0.201. The van der Waals surface area contributed by atoms with E-state index in [-0.39, 0.29) is 5.54 Å². The van der Waals surface area contributed by atoms with Crippen LogP contribution in [0.2, 0.25) is 0 Å². The fourth-order valence-electron chi connectivity index (χ4n) is 1.32. The van der Waals surface area contributed by atoms with Crippen LogP contribution >= 0.6 is 11.5 Å². The Morgan fingerprint density at radius 2 is 2.06 bits per heavy atom. The third kappa shape index (κ3) is 3.15. The van der Waals surface area contributed by atoms with Crippen LogP contribution in [0.5, 0.6) is 0 Å². The van der Waals surface area contributed by atoms with Gasteiger partial charge < -0.3 is 5.32 Å². The van der Waals surface area contributed by atoms with Crippen molar-refractivity contribution >= 4 is 16.5 Å². The smallest absolute Gasteiger partial charge is 0.134 e. The Kier molecular flexibility index (Phi) is 4.68. The van der Waals surface area contributed by atoms with Crippen LogP contribution in [0.25, 0.3) is 0 Å². The van der Waals surface area contributed by atoms with Crippen LogP contribution in [0.3, 0.4) is 0 Å². The van der Waals surface area contributed by atoms with E-state index in [1.807, 2.05) is 0 Å². The molecule has 1 heterocycles. The standard InChI is InChI=1S/C11H22N4S/c1-6-11(3,4)15(5)8-9-10(12-7-2)16-14-13-9/h12H,6-8H2,1-5H3. The van der Waals surface area contributed by atoms with Gasteiger partial charge in [0.15, 0.2) is 0 Å². The summed E-state index contributed by atoms with van der Waals surface area (Å²) in [6, 6.07) is 0. The Morgan fingerprint density at radius 3 is 2.62 bits per heavy atom. The Hall–Kier alpha value is -0.680. The Balaban J connectivity index is 2.69. The zero-order valence-electron chi connectivity index (χ0n) is 10.9. The van der Waals surface area contributed by atoms with Crippen molar-refractivity contribution in [1.29, 1.82) is 0 Å². The maximum absolute atomic E-state index is 4.19. The minimum atomic E-state index is 0.201. The third-order valence-corrected chi connectivity index (χ3v) is 3.90. The summed E-state index contributed by atoms with van der Waals surface area (Å²) in [6.45, 7) is 10.6. The quantitative estimate of drug-likeness (QED) is 0.832. The monoisotopic (exact) mass is 242 g/mol. The first-order chi connectivity index (χ1) is 7.51. The van der Waals surface area contributed by atoms with Gasteiger partial charge in [0.05, 0.1) is 0 Å². The van der Waals surface area contributed by atoms with Crippen molar-refractivity contribution in [1.82, 2.24) is 14.5 Å². The molecule has 1 N–H and O–H groups in total. The fraction of sp³-hybridized carbons (Fsp3) is 0.818. The molecule has 0 aliphatic heterocycles. The molecule has 0 aromatic carbocycles. The summed E-state index contributed by atoms with van der Waals surface area (Å²) in [6.07, 6.45) is 1.12. The molecule has 92 valence electrons. The van der Waals surface area contributed by atoms with Crippen molar-refractivity contribution in [2.45, 2.75) is 46.2 Å². The molecule has 16 heavy (non-hydrogen) atoms. The fourth-order valence-corrected chi connectivity index (χ4v) is 1.96. The molecule has 0 aliphatic rings. The molecule has 5 heteroatoms. The van der Waals surface area contributed by atoms with Crippen LogP contribution in [0.4, 0.5) is 5.00 Å². The molecule has 1 rings (SSSR count). The molecule has 0 spiro atoms. The molecule has 0 saturated carbocycles. The van der Waals surface area contributed by atoms with Gasteiger partial charge >= 0.3 is 0 Å². The number of hydrogen-bond acceptors (Lipinski definition) is 5. The highest BCUT2D eigenvalue weighted by atomic mass is 32.1. The van der Waals surface area contributed by atoms with Crippen molar-refractivity contribution < 1.29 is 0 Å². The summed E-state index contributed by atoms with van der Waals surface area (Å²) in [5.74, 6) is 0. The second-order valence-corrected chi connectivity index (χ2v) is 5.36. The van der Waals surface area contributed by atoms with Gasteiger partial charge in [0.2, 0.25) is 0 Å². The highest BCUT2D eigenvalue weighted by Gasteiger charge is 2.22. The number of anilines is 1. The second-order valence-electron chi connectivity index (χ2n) is 4.60. The molecule has 0 radical (unpaired) electrons. The Morgan fingerprint density at radius 1 is 1.38 bits per heavy atom. The zero-order chi connectivity index (χ0) is 12.2. The SMILES string of the molecule is CCNc1snnc1CN(C)C(C)(C)CC. The van der Waals surface area contributed by atoms with Gasteiger partial charge in [0.25, 0.3) is 0 Å². The molecule has 4 nitrogen and oxygen atoms in total. The molecule has 0 aliphatic carbocycles. The van der Waals surface area contributed by atoms with Gasteiger partial charge in [-0.2, -0.15) is 0 Å². The number of aromatic nitrogens is 2. The van der Waals surface area contributed by atoms with E-state index in [4.69, 9.17) is 0 Å². The Labute approximate surface area is 102 Å². The summed E-state index contributed by atoms with van der Waals surface area (Å²) in [4.78, 5) is 2.32. The van der Waals surface area contributed by atoms with Crippen molar-refractivity contribution in [3.8, 4) is 0 Å². The molecule has 0 atom stereocenters. The largest absolute Gasteiger partial charge is 0.374 e. The van der Waals surface area contributed by atoms with Crippen LogP contribution < -0.4 is 5.32 Å². The summed E-state index contributed by atoms with van der Waals surface area (Å²) in [5, 5.41) is 8.58. The lowest BCUT2D eigenvalue weighted by molar-refractivity contribution is 0.141. The second kappa shape index (κ2) is 5.59. The van der Waals surface area contributed by atoms with Crippen LogP contribution in [-0.2, 0) is 6.54 Å². The molecule has 0 bridgehead atoms. The van der Waals surface area contributed by atoms with E-state index in [0.717, 1.165) is 30.2 Å². The Bertz CT molecular complexity index is 322. The lowest BCUT2D eigenvalue weighted by Crippen LogP contribution is -2.40. The molecular weight excluding hydrogens is 220 g/mol. The van der Waals surface area contributed by atoms with E-state index in [9.17, 15) is 0 Å². The van der Waals surface area contributed by atoms with E-state index in [0.29, 0.717) is 0 Å². The average molecular weight is 242 g/mol. The first-order valence-corrected chi connectivity index (χ1v) is 6.55. The van der Waals surface area contributed by atoms with Crippen molar-refractivity contribution in [3.05, 3.63) is 5.69 Å². The van der Waals surface area contributed by atoms with Crippen molar-refractivity contribution in [2.24, 2.45) is 0 Å². The van der Waals surface area contributed by atoms with Crippen molar-refractivity contribution in [3.63, 3.8) is 0 Å². The normalized spacial score (nSPS) is 12.1. The number of nitrogens with zero attached hydrogens (tertiary/aromatic N) is 3. The molecule has 0 fully saturated rings. The maximum atomic E-state index is 4.19. The lowest BCUT2D eigenvalue weighted by atomic mass is 10.00. The molecule has 1 aromatic heterocycles. The summed E-state index contributed by atoms with van der Waals surface area (Å²) < 4.78 is 4.00. The molecule has 0 amide bonds. The first kappa shape index (κ1) is 13.4. The number of hydrogen-bond donors (Lipinski definition) is 1. The van der Waals surface area contributed by atoms with Gasteiger partial charge in [0, 0.05) is 30.2 Å². The molecule has 1 aromatic rings. The highest BCUT2D eigenvalue weighted by Crippen LogP contribution is 2.23. The summed E-state index contributed by atoms with van der Waals surface area (Å²) in [5.41, 5.74) is 1.25. The van der Waals surface area contributed by atoms with E-state index >= 15 is 0 Å². The maximum Gasteiger partial charge on any atom is 0.134 e. The van der Waals surface area contributed by atoms with Crippen LogP contribution in [0, 0.1) is 0 Å². The van der Waals surface area contributed by atoms with Crippen LogP contribution in [-0.4, -0.2) is 33.6 Å². The van der Waals surface area contributed by atoms with E-state index < -0.39 is 0 Å². The summed E-state index contributed by atoms with van der Waals surface area (Å²) >= 11 is 1.44. The number of rotatable bonds is 6. The topological polar surface area (TPSA) is 41.1 Å². The van der Waals surface area contributed by atoms with Gasteiger partial charge in [0.1, 0.15) is 10.7 Å². The number of nitrogens with one attached hydrogen (secondary N) is 1. The third-order valence-electron chi connectivity index (χ3n) is 3.18. The lowest BCUT2D eigenvalue weighted by Gasteiger charge is -2.34. The molecular formula is C11H22N4S. The molecule has 0 saturated heterocycles. The van der Waals surface area contributed by atoms with Gasteiger partial charge in [-0.3, -0.25) is 4.90 Å². The van der Waals surface area contributed by atoms with Gasteiger partial charge in [-0.15, -0.1) is 5.10 Å². The van der Waals surface area contributed by atoms with E-state index in [2.05, 4.69) is 54.5 Å². The average Bonchev–Trinajstić information content (AvgIpc) is 2.66. The zero-order valence-corrected chi connectivity index (χ0v) is 11.7. The van der Waals surface area contributed by atoms with E-state index in [1.165, 1.54) is 11.5 Å². The van der Waals surface area contributed by atoms with E-state index in [1.54, 1.807) is 0 Å². The summed E-state index contributed by atoms with van der Waals surface area (Å²) in [7, 11) is 2.14. The first-order valence-electron chi connectivity index (χ1n) is 5.77. The molecule has 0 unspecified atom stereocenters. The minimum Gasteiger partial charge on any atom is -0.374 e. The van der Waals surface area contributed by atoms with Crippen molar-refractivity contribution in [2.75, 3.05) is 18.9 Å². The predicted molar refractivity (Wildman–Crippen MR) is 69.9 cm³/mol. The van der Waals surface area contributed by atoms with Crippen LogP contribution in [0.1, 0.15) is 39.8 Å². The predicted octanol–water partition coefficient (Wildman–Crippen LogP) is 2.59. The van der Waals surface area contributed by atoms with Crippen LogP contribution in [0.15, 0.2) is 0 Å². The van der Waals surface area contributed by atoms with Gasteiger partial charge in [-0.1, -0.05) is 11.4 Å².